The van der Waals surface area contributed by atoms with Crippen molar-refractivity contribution in [1.29, 1.82) is 0 Å². The van der Waals surface area contributed by atoms with Gasteiger partial charge < -0.3 is 4.90 Å². The summed E-state index contributed by atoms with van der Waals surface area (Å²) in [6, 6.07) is 2.10. The van der Waals surface area contributed by atoms with Crippen molar-refractivity contribution in [1.82, 2.24) is 4.98 Å². The van der Waals surface area contributed by atoms with E-state index in [-0.39, 0.29) is 0 Å². The zero-order valence-corrected chi connectivity index (χ0v) is 11.4. The molecule has 1 aliphatic rings. The van der Waals surface area contributed by atoms with Gasteiger partial charge >= 0.3 is 0 Å². The summed E-state index contributed by atoms with van der Waals surface area (Å²) in [6.45, 7) is 5.36. The van der Waals surface area contributed by atoms with Crippen LogP contribution in [0.1, 0.15) is 20.3 Å². The lowest BCUT2D eigenvalue weighted by atomic mass is 10.1. The van der Waals surface area contributed by atoms with Crippen molar-refractivity contribution < 1.29 is 0 Å². The Morgan fingerprint density at radius 2 is 1.94 bits per heavy atom. The first-order valence-corrected chi connectivity index (χ1v) is 6.40. The van der Waals surface area contributed by atoms with Crippen LogP contribution in [0.15, 0.2) is 6.07 Å². The highest BCUT2D eigenvalue weighted by Crippen LogP contribution is 2.35. The average molecular weight is 280 g/mol. The number of rotatable bonds is 1. The van der Waals surface area contributed by atoms with Crippen LogP contribution in [0.25, 0.3) is 0 Å². The summed E-state index contributed by atoms with van der Waals surface area (Å²) in [5.41, 5.74) is 0. The predicted octanol–water partition coefficient (Wildman–Crippen LogP) is 4.28. The maximum Gasteiger partial charge on any atom is 0.150 e. The molecule has 0 N–H and O–H groups in total. The third kappa shape index (κ3) is 2.24. The van der Waals surface area contributed by atoms with Crippen molar-refractivity contribution in [3.63, 3.8) is 0 Å². The van der Waals surface area contributed by atoms with E-state index in [1.165, 1.54) is 0 Å². The SMILES string of the molecule is CC1CC(C)N(c2nc(Cl)c(Cl)cc2Cl)C1. The molecule has 0 aliphatic carbocycles. The highest BCUT2D eigenvalue weighted by Gasteiger charge is 2.28. The molecule has 88 valence electrons. The topological polar surface area (TPSA) is 16.1 Å². The van der Waals surface area contributed by atoms with E-state index < -0.39 is 0 Å². The van der Waals surface area contributed by atoms with Crippen molar-refractivity contribution in [3.05, 3.63) is 21.3 Å². The van der Waals surface area contributed by atoms with Gasteiger partial charge in [-0.05, 0) is 25.3 Å². The largest absolute Gasteiger partial charge is 0.352 e. The second-order valence-electron chi connectivity index (χ2n) is 4.41. The Morgan fingerprint density at radius 1 is 1.25 bits per heavy atom. The standard InChI is InChI=1S/C11H13Cl3N2/c1-6-3-7(2)16(5-6)11-9(13)4-8(12)10(14)15-11/h4,6-7H,3,5H2,1-2H3. The quantitative estimate of drug-likeness (QED) is 0.714. The van der Waals surface area contributed by atoms with Gasteiger partial charge in [0, 0.05) is 12.6 Å². The fraction of sp³-hybridized carbons (Fsp3) is 0.545. The van der Waals surface area contributed by atoms with E-state index in [0.29, 0.717) is 27.2 Å². The molecule has 0 aromatic carbocycles. The minimum absolute atomic E-state index is 0.313. The fourth-order valence-electron chi connectivity index (χ4n) is 2.23. The van der Waals surface area contributed by atoms with Gasteiger partial charge in [-0.25, -0.2) is 4.98 Å². The van der Waals surface area contributed by atoms with Crippen LogP contribution in [-0.2, 0) is 0 Å². The van der Waals surface area contributed by atoms with E-state index in [9.17, 15) is 0 Å². The normalized spacial score (nSPS) is 25.2. The molecule has 16 heavy (non-hydrogen) atoms. The van der Waals surface area contributed by atoms with Gasteiger partial charge in [-0.15, -0.1) is 0 Å². The second kappa shape index (κ2) is 4.59. The zero-order valence-electron chi connectivity index (χ0n) is 9.17. The zero-order chi connectivity index (χ0) is 11.9. The Hall–Kier alpha value is -0.180. The Morgan fingerprint density at radius 3 is 2.50 bits per heavy atom. The van der Waals surface area contributed by atoms with Crippen LogP contribution in [0.3, 0.4) is 0 Å². The van der Waals surface area contributed by atoms with E-state index in [1.54, 1.807) is 6.07 Å². The number of aromatic nitrogens is 1. The van der Waals surface area contributed by atoms with Crippen LogP contribution in [0.4, 0.5) is 5.82 Å². The lowest BCUT2D eigenvalue weighted by molar-refractivity contribution is 0.625. The number of hydrogen-bond donors (Lipinski definition) is 0. The molecule has 1 aromatic rings. The van der Waals surface area contributed by atoms with Crippen LogP contribution < -0.4 is 4.90 Å². The summed E-state index contributed by atoms with van der Waals surface area (Å²) in [5, 5.41) is 1.28. The van der Waals surface area contributed by atoms with Crippen LogP contribution >= 0.6 is 34.8 Å². The van der Waals surface area contributed by atoms with Gasteiger partial charge in [-0.3, -0.25) is 0 Å². The molecule has 1 aromatic heterocycles. The van der Waals surface area contributed by atoms with Crippen molar-refractivity contribution in [3.8, 4) is 0 Å². The maximum absolute atomic E-state index is 6.15. The molecule has 0 saturated carbocycles. The monoisotopic (exact) mass is 278 g/mol. The molecule has 0 spiro atoms. The van der Waals surface area contributed by atoms with Gasteiger partial charge in [0.05, 0.1) is 10.0 Å². The fourth-order valence-corrected chi connectivity index (χ4v) is 2.83. The van der Waals surface area contributed by atoms with E-state index in [2.05, 4.69) is 23.7 Å². The predicted molar refractivity (Wildman–Crippen MR) is 69.9 cm³/mol. The molecule has 1 aliphatic heterocycles. The van der Waals surface area contributed by atoms with E-state index >= 15 is 0 Å². The van der Waals surface area contributed by atoms with Gasteiger partial charge in [-0.2, -0.15) is 0 Å². The number of pyridine rings is 1. The summed E-state index contributed by atoms with van der Waals surface area (Å²) >= 11 is 17.9. The molecule has 0 amide bonds. The van der Waals surface area contributed by atoms with Crippen LogP contribution in [-0.4, -0.2) is 17.6 Å². The molecule has 2 nitrogen and oxygen atoms in total. The molecule has 2 unspecified atom stereocenters. The highest BCUT2D eigenvalue weighted by molar-refractivity contribution is 6.42. The summed E-state index contributed by atoms with van der Waals surface area (Å²) in [4.78, 5) is 6.46. The highest BCUT2D eigenvalue weighted by atomic mass is 35.5. The molecule has 2 heterocycles. The molecule has 1 saturated heterocycles. The first-order chi connectivity index (χ1) is 7.49. The molecule has 1 fully saturated rings. The summed E-state index contributed by atoms with van der Waals surface area (Å²) in [5.74, 6) is 1.40. The maximum atomic E-state index is 6.15. The molecule has 0 radical (unpaired) electrons. The third-order valence-corrected chi connectivity index (χ3v) is 3.88. The van der Waals surface area contributed by atoms with Crippen molar-refractivity contribution >= 4 is 40.6 Å². The van der Waals surface area contributed by atoms with Gasteiger partial charge in [0.25, 0.3) is 0 Å². The van der Waals surface area contributed by atoms with Crippen LogP contribution in [0.5, 0.6) is 0 Å². The lowest BCUT2D eigenvalue weighted by Crippen LogP contribution is -2.27. The van der Waals surface area contributed by atoms with E-state index in [0.717, 1.165) is 18.8 Å². The smallest absolute Gasteiger partial charge is 0.150 e. The molecule has 5 heteroatoms. The van der Waals surface area contributed by atoms with Gasteiger partial charge in [-0.1, -0.05) is 41.7 Å². The summed E-state index contributed by atoms with van der Waals surface area (Å²) in [7, 11) is 0. The number of halogens is 3. The Balaban J connectivity index is 2.37. The first-order valence-electron chi connectivity index (χ1n) is 5.27. The van der Waals surface area contributed by atoms with Crippen molar-refractivity contribution in [2.45, 2.75) is 26.3 Å². The summed E-state index contributed by atoms with van der Waals surface area (Å²) < 4.78 is 0. The molecular formula is C11H13Cl3N2. The number of anilines is 1. The Kier molecular flexibility index (Phi) is 3.53. The van der Waals surface area contributed by atoms with Crippen molar-refractivity contribution in [2.75, 3.05) is 11.4 Å². The Labute approximate surface area is 111 Å². The number of nitrogens with zero attached hydrogens (tertiary/aromatic N) is 2. The molecule has 2 rings (SSSR count). The van der Waals surface area contributed by atoms with E-state index in [4.69, 9.17) is 34.8 Å². The second-order valence-corrected chi connectivity index (χ2v) is 5.58. The minimum Gasteiger partial charge on any atom is -0.352 e. The first kappa shape index (κ1) is 12.3. The van der Waals surface area contributed by atoms with Gasteiger partial charge in [0.2, 0.25) is 0 Å². The minimum atomic E-state index is 0.313. The lowest BCUT2D eigenvalue weighted by Gasteiger charge is -2.23. The summed E-state index contributed by atoms with van der Waals surface area (Å²) in [6.07, 6.45) is 1.15. The van der Waals surface area contributed by atoms with Gasteiger partial charge in [0.1, 0.15) is 11.0 Å². The van der Waals surface area contributed by atoms with Gasteiger partial charge in [0.15, 0.2) is 0 Å². The molecule has 0 bridgehead atoms. The average Bonchev–Trinajstić information content (AvgIpc) is 2.51. The van der Waals surface area contributed by atoms with Crippen LogP contribution in [0.2, 0.25) is 15.2 Å². The number of hydrogen-bond acceptors (Lipinski definition) is 2. The van der Waals surface area contributed by atoms with E-state index in [1.807, 2.05) is 0 Å². The third-order valence-electron chi connectivity index (χ3n) is 2.92. The van der Waals surface area contributed by atoms with Crippen LogP contribution in [0, 0.1) is 5.92 Å². The molecule has 2 atom stereocenters. The van der Waals surface area contributed by atoms with Crippen molar-refractivity contribution in [2.24, 2.45) is 5.92 Å². The molecular weight excluding hydrogens is 266 g/mol. The Bertz CT molecular complexity index is 408.